The summed E-state index contributed by atoms with van der Waals surface area (Å²) in [5, 5.41) is 3.60. The molecule has 0 saturated heterocycles. The minimum atomic E-state index is 0.208. The highest BCUT2D eigenvalue weighted by atomic mass is 79.9. The summed E-state index contributed by atoms with van der Waals surface area (Å²) in [4.78, 5) is 21.9. The number of rotatable bonds is 6. The smallest absolute Gasteiger partial charge is 0.222 e. The lowest BCUT2D eigenvalue weighted by molar-refractivity contribution is -0.132. The van der Waals surface area contributed by atoms with Crippen molar-refractivity contribution in [2.75, 3.05) is 31.5 Å². The van der Waals surface area contributed by atoms with Gasteiger partial charge in [0.25, 0.3) is 0 Å². The van der Waals surface area contributed by atoms with Gasteiger partial charge in [0.05, 0.1) is 6.33 Å². The lowest BCUT2D eigenvalue weighted by atomic mass is 10.1. The SMILES string of the molecule is O=C(CCCn1ccnc1)N1CCN(Cc2ccccc2)CCCNc2ccc(Br)cc2C1. The molecule has 1 N–H and O–H groups in total. The number of hydrogen-bond donors (Lipinski definition) is 1. The molecule has 0 radical (unpaired) electrons. The summed E-state index contributed by atoms with van der Waals surface area (Å²) < 4.78 is 3.06. The summed E-state index contributed by atoms with van der Waals surface area (Å²) in [5.41, 5.74) is 3.58. The maximum atomic E-state index is 13.3. The number of amides is 1. The van der Waals surface area contributed by atoms with E-state index in [-0.39, 0.29) is 5.91 Å². The number of hydrogen-bond acceptors (Lipinski definition) is 4. The third kappa shape index (κ3) is 7.17. The first-order valence-electron chi connectivity index (χ1n) is 11.7. The van der Waals surface area contributed by atoms with Gasteiger partial charge in [0, 0.05) is 74.8 Å². The maximum absolute atomic E-state index is 13.3. The molecule has 2 heterocycles. The normalized spacial score (nSPS) is 15.4. The van der Waals surface area contributed by atoms with Gasteiger partial charge in [-0.2, -0.15) is 0 Å². The van der Waals surface area contributed by atoms with Crippen molar-refractivity contribution in [2.45, 2.75) is 38.9 Å². The maximum Gasteiger partial charge on any atom is 0.222 e. The summed E-state index contributed by atoms with van der Waals surface area (Å²) in [7, 11) is 0. The number of nitrogens with one attached hydrogen (secondary N) is 1. The zero-order chi connectivity index (χ0) is 22.9. The van der Waals surface area contributed by atoms with Gasteiger partial charge in [0.1, 0.15) is 0 Å². The zero-order valence-electron chi connectivity index (χ0n) is 19.0. The largest absolute Gasteiger partial charge is 0.385 e. The van der Waals surface area contributed by atoms with Crippen LogP contribution in [0.1, 0.15) is 30.4 Å². The molecule has 0 unspecified atom stereocenters. The van der Waals surface area contributed by atoms with Crippen LogP contribution in [-0.4, -0.2) is 51.4 Å². The highest BCUT2D eigenvalue weighted by molar-refractivity contribution is 9.10. The van der Waals surface area contributed by atoms with Crippen LogP contribution in [0.3, 0.4) is 0 Å². The number of benzene rings is 2. The van der Waals surface area contributed by atoms with Gasteiger partial charge in [-0.25, -0.2) is 4.98 Å². The van der Waals surface area contributed by atoms with Crippen molar-refractivity contribution in [2.24, 2.45) is 0 Å². The van der Waals surface area contributed by atoms with E-state index in [1.165, 1.54) is 5.56 Å². The van der Waals surface area contributed by atoms with Crippen LogP contribution in [-0.2, 0) is 24.4 Å². The van der Waals surface area contributed by atoms with Crippen LogP contribution in [0.25, 0.3) is 0 Å². The van der Waals surface area contributed by atoms with E-state index >= 15 is 0 Å². The molecule has 0 fully saturated rings. The summed E-state index contributed by atoms with van der Waals surface area (Å²) >= 11 is 3.61. The van der Waals surface area contributed by atoms with Crippen molar-refractivity contribution in [3.8, 4) is 0 Å². The number of aryl methyl sites for hydroxylation is 1. The molecular formula is C26H32BrN5O. The fourth-order valence-electron chi connectivity index (χ4n) is 4.25. The van der Waals surface area contributed by atoms with Gasteiger partial charge in [-0.3, -0.25) is 9.69 Å². The molecule has 0 atom stereocenters. The van der Waals surface area contributed by atoms with Crippen LogP contribution < -0.4 is 5.32 Å². The van der Waals surface area contributed by atoms with E-state index in [1.807, 2.05) is 15.7 Å². The Bertz CT molecular complexity index is 1010. The molecule has 33 heavy (non-hydrogen) atoms. The van der Waals surface area contributed by atoms with Crippen LogP contribution >= 0.6 is 15.9 Å². The van der Waals surface area contributed by atoms with E-state index < -0.39 is 0 Å². The molecule has 0 bridgehead atoms. The Labute approximate surface area is 204 Å². The fraction of sp³-hybridized carbons (Fsp3) is 0.385. The first-order chi connectivity index (χ1) is 16.2. The van der Waals surface area contributed by atoms with Gasteiger partial charge in [-0.05, 0) is 42.2 Å². The molecule has 2 aromatic carbocycles. The first-order valence-corrected chi connectivity index (χ1v) is 12.5. The van der Waals surface area contributed by atoms with E-state index in [4.69, 9.17) is 0 Å². The zero-order valence-corrected chi connectivity index (χ0v) is 20.6. The number of carbonyl (C=O) groups excluding carboxylic acids is 1. The Kier molecular flexibility index (Phi) is 8.55. The minimum absolute atomic E-state index is 0.208. The molecule has 0 spiro atoms. The third-order valence-corrected chi connectivity index (χ3v) is 6.54. The van der Waals surface area contributed by atoms with Crippen LogP contribution in [0, 0.1) is 0 Å². The number of imidazole rings is 1. The van der Waals surface area contributed by atoms with E-state index in [2.05, 4.69) is 79.7 Å². The Morgan fingerprint density at radius 3 is 2.79 bits per heavy atom. The van der Waals surface area contributed by atoms with Crippen molar-refractivity contribution in [3.63, 3.8) is 0 Å². The molecule has 0 aliphatic carbocycles. The number of fused-ring (bicyclic) bond motifs is 1. The molecule has 1 amide bonds. The van der Waals surface area contributed by atoms with Crippen molar-refractivity contribution >= 4 is 27.5 Å². The minimum Gasteiger partial charge on any atom is -0.385 e. The topological polar surface area (TPSA) is 53.4 Å². The molecule has 7 heteroatoms. The van der Waals surface area contributed by atoms with Crippen LogP contribution in [0.5, 0.6) is 0 Å². The van der Waals surface area contributed by atoms with Gasteiger partial charge in [0.2, 0.25) is 5.91 Å². The Morgan fingerprint density at radius 1 is 1.09 bits per heavy atom. The highest BCUT2D eigenvalue weighted by Crippen LogP contribution is 2.24. The van der Waals surface area contributed by atoms with Crippen LogP contribution in [0.15, 0.2) is 71.7 Å². The van der Waals surface area contributed by atoms with E-state index in [0.29, 0.717) is 13.0 Å². The quantitative estimate of drug-likeness (QED) is 0.519. The number of aromatic nitrogens is 2. The van der Waals surface area contributed by atoms with E-state index in [0.717, 1.165) is 67.8 Å². The highest BCUT2D eigenvalue weighted by Gasteiger charge is 2.19. The summed E-state index contributed by atoms with van der Waals surface area (Å²) in [6.07, 6.45) is 7.92. The average Bonchev–Trinajstić information content (AvgIpc) is 3.33. The number of nitrogens with zero attached hydrogens (tertiary/aromatic N) is 4. The van der Waals surface area contributed by atoms with Crippen LogP contribution in [0.4, 0.5) is 5.69 Å². The predicted octanol–water partition coefficient (Wildman–Crippen LogP) is 4.77. The number of halogens is 1. The molecule has 3 aromatic rings. The van der Waals surface area contributed by atoms with Gasteiger partial charge in [-0.15, -0.1) is 0 Å². The second kappa shape index (κ2) is 12.0. The second-order valence-corrected chi connectivity index (χ2v) is 9.48. The summed E-state index contributed by atoms with van der Waals surface area (Å²) in [6.45, 7) is 5.83. The van der Waals surface area contributed by atoms with Crippen molar-refractivity contribution in [3.05, 3.63) is 82.9 Å². The van der Waals surface area contributed by atoms with E-state index in [9.17, 15) is 4.79 Å². The lowest BCUT2D eigenvalue weighted by Crippen LogP contribution is -2.38. The van der Waals surface area contributed by atoms with Gasteiger partial charge in [0.15, 0.2) is 0 Å². The third-order valence-electron chi connectivity index (χ3n) is 6.05. The Hall–Kier alpha value is -2.64. The van der Waals surface area contributed by atoms with Crippen molar-refractivity contribution in [1.82, 2.24) is 19.4 Å². The van der Waals surface area contributed by atoms with Crippen molar-refractivity contribution < 1.29 is 4.79 Å². The second-order valence-electron chi connectivity index (χ2n) is 8.56. The van der Waals surface area contributed by atoms with Crippen molar-refractivity contribution in [1.29, 1.82) is 0 Å². The molecule has 1 aliphatic heterocycles. The fourth-order valence-corrected chi connectivity index (χ4v) is 4.66. The van der Waals surface area contributed by atoms with Gasteiger partial charge in [-0.1, -0.05) is 46.3 Å². The molecule has 0 saturated carbocycles. The summed E-state index contributed by atoms with van der Waals surface area (Å²) in [6, 6.07) is 16.9. The monoisotopic (exact) mass is 509 g/mol. The van der Waals surface area contributed by atoms with Gasteiger partial charge >= 0.3 is 0 Å². The molecule has 174 valence electrons. The summed E-state index contributed by atoms with van der Waals surface area (Å²) in [5.74, 6) is 0.208. The number of anilines is 1. The standard InChI is InChI=1S/C26H32BrN5O/c27-24-9-10-25-23(18-24)20-32(26(33)8-4-13-31-15-12-28-21-31)17-16-30(14-5-11-29-25)19-22-6-2-1-3-7-22/h1-3,6-7,9-10,12,15,18,21,29H,4-5,8,11,13-14,16-17,19-20H2. The average molecular weight is 510 g/mol. The first kappa shape index (κ1) is 23.5. The molecule has 1 aromatic heterocycles. The van der Waals surface area contributed by atoms with Crippen LogP contribution in [0.2, 0.25) is 0 Å². The number of carbonyl (C=O) groups is 1. The predicted molar refractivity (Wildman–Crippen MR) is 136 cm³/mol. The lowest BCUT2D eigenvalue weighted by Gasteiger charge is -2.28. The molecule has 6 nitrogen and oxygen atoms in total. The molecular weight excluding hydrogens is 478 g/mol. The molecule has 4 rings (SSSR count). The van der Waals surface area contributed by atoms with Gasteiger partial charge < -0.3 is 14.8 Å². The van der Waals surface area contributed by atoms with E-state index in [1.54, 1.807) is 12.5 Å². The Balaban J connectivity index is 1.47. The Morgan fingerprint density at radius 2 is 1.97 bits per heavy atom. The molecule has 1 aliphatic rings.